The van der Waals surface area contributed by atoms with Gasteiger partial charge in [0.25, 0.3) is 5.91 Å². The van der Waals surface area contributed by atoms with Crippen LogP contribution >= 0.6 is 12.4 Å². The van der Waals surface area contributed by atoms with Crippen molar-refractivity contribution in [2.24, 2.45) is 0 Å². The Bertz CT molecular complexity index is 473. The summed E-state index contributed by atoms with van der Waals surface area (Å²) in [7, 11) is 0. The number of morpholine rings is 1. The lowest BCUT2D eigenvalue weighted by molar-refractivity contribution is 0.0300. The van der Waals surface area contributed by atoms with Gasteiger partial charge in [0.05, 0.1) is 18.8 Å². The lowest BCUT2D eigenvalue weighted by atomic mass is 10.1. The lowest BCUT2D eigenvalue weighted by Gasteiger charge is -2.27. The number of amides is 1. The fourth-order valence-electron chi connectivity index (χ4n) is 1.93. The van der Waals surface area contributed by atoms with Crippen LogP contribution in [0.5, 0.6) is 5.75 Å². The average molecular weight is 299 g/mol. The van der Waals surface area contributed by atoms with Crippen LogP contribution in [-0.4, -0.2) is 43.7 Å². The smallest absolute Gasteiger partial charge is 0.257 e. The molecule has 0 aromatic heterocycles. The third-order valence-corrected chi connectivity index (χ3v) is 2.89. The van der Waals surface area contributed by atoms with E-state index in [2.05, 4.69) is 6.58 Å². The van der Waals surface area contributed by atoms with E-state index in [0.29, 0.717) is 49.9 Å². The molecule has 1 aliphatic heterocycles. The van der Waals surface area contributed by atoms with Gasteiger partial charge in [-0.2, -0.15) is 0 Å². The van der Waals surface area contributed by atoms with Gasteiger partial charge in [-0.1, -0.05) is 12.7 Å². The van der Waals surface area contributed by atoms with Gasteiger partial charge >= 0.3 is 0 Å². The normalized spacial score (nSPS) is 14.3. The van der Waals surface area contributed by atoms with Gasteiger partial charge in [0.1, 0.15) is 12.4 Å². The summed E-state index contributed by atoms with van der Waals surface area (Å²) in [4.78, 5) is 14.2. The van der Waals surface area contributed by atoms with Gasteiger partial charge < -0.3 is 20.1 Å². The predicted octanol–water partition coefficient (Wildman–Crippen LogP) is 1.73. The molecule has 0 saturated carbocycles. The minimum absolute atomic E-state index is 0. The summed E-state index contributed by atoms with van der Waals surface area (Å²) >= 11 is 0. The Morgan fingerprint density at radius 3 is 2.80 bits per heavy atom. The monoisotopic (exact) mass is 298 g/mol. The molecule has 0 unspecified atom stereocenters. The molecule has 1 heterocycles. The number of nitrogens with zero attached hydrogens (tertiary/aromatic N) is 1. The van der Waals surface area contributed by atoms with E-state index in [4.69, 9.17) is 15.2 Å². The van der Waals surface area contributed by atoms with Gasteiger partial charge in [0, 0.05) is 18.8 Å². The van der Waals surface area contributed by atoms with E-state index in [-0.39, 0.29) is 18.3 Å². The van der Waals surface area contributed by atoms with Crippen LogP contribution in [0.25, 0.3) is 0 Å². The zero-order valence-electron chi connectivity index (χ0n) is 11.2. The Hall–Kier alpha value is -1.72. The Balaban J connectivity index is 0.00000200. The third-order valence-electron chi connectivity index (χ3n) is 2.89. The zero-order valence-corrected chi connectivity index (χ0v) is 12.0. The quantitative estimate of drug-likeness (QED) is 0.679. The van der Waals surface area contributed by atoms with Crippen molar-refractivity contribution in [3.63, 3.8) is 0 Å². The Kier molecular flexibility index (Phi) is 6.35. The first-order valence-electron chi connectivity index (χ1n) is 6.22. The zero-order chi connectivity index (χ0) is 13.7. The molecule has 6 heteroatoms. The predicted molar refractivity (Wildman–Crippen MR) is 80.5 cm³/mol. The number of halogens is 1. The first-order chi connectivity index (χ1) is 9.22. The Morgan fingerprint density at radius 1 is 1.45 bits per heavy atom. The second-order valence-corrected chi connectivity index (χ2v) is 4.26. The maximum atomic E-state index is 12.4. The standard InChI is InChI=1S/C14H18N2O3.ClH/c1-2-7-19-13-4-3-11(15)10-12(13)14(17)16-5-8-18-9-6-16;/h2-4,10H,1,5-9,15H2;1H. The molecule has 1 fully saturated rings. The van der Waals surface area contributed by atoms with Gasteiger partial charge in [-0.05, 0) is 18.2 Å². The number of nitrogen functional groups attached to an aromatic ring is 1. The molecule has 1 aliphatic rings. The van der Waals surface area contributed by atoms with Crippen molar-refractivity contribution in [1.29, 1.82) is 0 Å². The van der Waals surface area contributed by atoms with Gasteiger partial charge in [-0.25, -0.2) is 0 Å². The van der Waals surface area contributed by atoms with Gasteiger partial charge in [0.2, 0.25) is 0 Å². The summed E-state index contributed by atoms with van der Waals surface area (Å²) in [5.74, 6) is 0.459. The summed E-state index contributed by atoms with van der Waals surface area (Å²) in [6.45, 7) is 6.27. The van der Waals surface area contributed by atoms with E-state index in [1.165, 1.54) is 0 Å². The second-order valence-electron chi connectivity index (χ2n) is 4.26. The number of benzene rings is 1. The summed E-state index contributed by atoms with van der Waals surface area (Å²) in [5, 5.41) is 0. The highest BCUT2D eigenvalue weighted by molar-refractivity contribution is 5.97. The first-order valence-corrected chi connectivity index (χ1v) is 6.22. The van der Waals surface area contributed by atoms with E-state index in [9.17, 15) is 4.79 Å². The first kappa shape index (κ1) is 16.3. The molecule has 2 rings (SSSR count). The van der Waals surface area contributed by atoms with Crippen molar-refractivity contribution in [2.45, 2.75) is 0 Å². The molecule has 0 bridgehead atoms. The highest BCUT2D eigenvalue weighted by Crippen LogP contribution is 2.23. The molecule has 0 spiro atoms. The SMILES string of the molecule is C=CCOc1ccc(N)cc1C(=O)N1CCOCC1.Cl. The molecule has 1 amide bonds. The third kappa shape index (κ3) is 3.88. The number of carbonyl (C=O) groups is 1. The number of nitrogens with two attached hydrogens (primary N) is 1. The molecule has 1 aromatic carbocycles. The van der Waals surface area contributed by atoms with Crippen LogP contribution in [0.4, 0.5) is 5.69 Å². The number of hydrogen-bond donors (Lipinski definition) is 1. The van der Waals surface area contributed by atoms with E-state index < -0.39 is 0 Å². The van der Waals surface area contributed by atoms with Crippen LogP contribution in [0.15, 0.2) is 30.9 Å². The van der Waals surface area contributed by atoms with Crippen LogP contribution in [0.2, 0.25) is 0 Å². The van der Waals surface area contributed by atoms with E-state index in [1.807, 2.05) is 0 Å². The number of carbonyl (C=O) groups excluding carboxylic acids is 1. The second kappa shape index (κ2) is 7.77. The van der Waals surface area contributed by atoms with Crippen LogP contribution in [0.3, 0.4) is 0 Å². The van der Waals surface area contributed by atoms with Crippen molar-refractivity contribution in [3.05, 3.63) is 36.4 Å². The van der Waals surface area contributed by atoms with E-state index >= 15 is 0 Å². The molecule has 20 heavy (non-hydrogen) atoms. The Labute approximate surface area is 124 Å². The van der Waals surface area contributed by atoms with Crippen LogP contribution in [0, 0.1) is 0 Å². The molecule has 1 saturated heterocycles. The fraction of sp³-hybridized carbons (Fsp3) is 0.357. The van der Waals surface area contributed by atoms with Crippen LogP contribution in [0.1, 0.15) is 10.4 Å². The molecule has 0 atom stereocenters. The molecule has 1 aromatic rings. The minimum Gasteiger partial charge on any atom is -0.489 e. The average Bonchev–Trinajstić information content (AvgIpc) is 2.46. The molecule has 0 radical (unpaired) electrons. The summed E-state index contributed by atoms with van der Waals surface area (Å²) in [6.07, 6.45) is 1.64. The molecule has 110 valence electrons. The van der Waals surface area contributed by atoms with Gasteiger partial charge in [-0.15, -0.1) is 12.4 Å². The number of ether oxygens (including phenoxy) is 2. The molecule has 0 aliphatic carbocycles. The molecule has 5 nitrogen and oxygen atoms in total. The molecular formula is C14H19ClN2O3. The summed E-state index contributed by atoms with van der Waals surface area (Å²) in [5.41, 5.74) is 6.79. The molecular weight excluding hydrogens is 280 g/mol. The van der Waals surface area contributed by atoms with Crippen LogP contribution in [-0.2, 0) is 4.74 Å². The van der Waals surface area contributed by atoms with Crippen LogP contribution < -0.4 is 10.5 Å². The lowest BCUT2D eigenvalue weighted by Crippen LogP contribution is -2.40. The number of hydrogen-bond acceptors (Lipinski definition) is 4. The number of rotatable bonds is 4. The maximum Gasteiger partial charge on any atom is 0.257 e. The van der Waals surface area contributed by atoms with Gasteiger partial charge in [0.15, 0.2) is 0 Å². The summed E-state index contributed by atoms with van der Waals surface area (Å²) < 4.78 is 10.7. The van der Waals surface area contributed by atoms with Crippen molar-refractivity contribution in [2.75, 3.05) is 38.6 Å². The summed E-state index contributed by atoms with van der Waals surface area (Å²) in [6, 6.07) is 5.08. The van der Waals surface area contributed by atoms with E-state index in [1.54, 1.807) is 29.2 Å². The Morgan fingerprint density at radius 2 is 2.15 bits per heavy atom. The minimum atomic E-state index is -0.0744. The highest BCUT2D eigenvalue weighted by Gasteiger charge is 2.21. The van der Waals surface area contributed by atoms with Gasteiger partial charge in [-0.3, -0.25) is 4.79 Å². The topological polar surface area (TPSA) is 64.8 Å². The van der Waals surface area contributed by atoms with Crippen molar-refractivity contribution >= 4 is 24.0 Å². The van der Waals surface area contributed by atoms with Crippen molar-refractivity contribution in [3.8, 4) is 5.75 Å². The van der Waals surface area contributed by atoms with Crippen molar-refractivity contribution in [1.82, 2.24) is 4.90 Å². The maximum absolute atomic E-state index is 12.4. The number of anilines is 1. The largest absolute Gasteiger partial charge is 0.489 e. The fourth-order valence-corrected chi connectivity index (χ4v) is 1.93. The van der Waals surface area contributed by atoms with E-state index in [0.717, 1.165) is 0 Å². The highest BCUT2D eigenvalue weighted by atomic mass is 35.5. The van der Waals surface area contributed by atoms with Crippen molar-refractivity contribution < 1.29 is 14.3 Å². The molecule has 2 N–H and O–H groups in total.